The Morgan fingerprint density at radius 3 is 2.29 bits per heavy atom. The molecule has 0 saturated heterocycles. The lowest BCUT2D eigenvalue weighted by Crippen LogP contribution is -2.37. The van der Waals surface area contributed by atoms with Gasteiger partial charge in [-0.25, -0.2) is 5.01 Å². The molecule has 2 aromatic carbocycles. The lowest BCUT2D eigenvalue weighted by molar-refractivity contribution is -0.305. The second-order valence-electron chi connectivity index (χ2n) is 5.34. The quantitative estimate of drug-likeness (QED) is 0.808. The molecule has 0 saturated carbocycles. The van der Waals surface area contributed by atoms with Crippen LogP contribution in [0, 0.1) is 0 Å². The van der Waals surface area contributed by atoms with E-state index in [4.69, 9.17) is 0 Å². The van der Waals surface area contributed by atoms with Crippen LogP contribution in [0.15, 0.2) is 66.2 Å². The summed E-state index contributed by atoms with van der Waals surface area (Å²) in [5, 5.41) is 15.1. The maximum atomic E-state index is 12.7. The largest absolute Gasteiger partial charge is 0.857 e. The molecule has 2 aromatic rings. The minimum atomic E-state index is -4.42. The van der Waals surface area contributed by atoms with Gasteiger partial charge < -0.3 is 5.11 Å². The van der Waals surface area contributed by atoms with Gasteiger partial charge in [-0.1, -0.05) is 24.3 Å². The Hall–Kier alpha value is -2.93. The van der Waals surface area contributed by atoms with Crippen molar-refractivity contribution in [3.05, 3.63) is 77.3 Å². The number of allylic oxidation sites excluding steroid dienone is 1. The van der Waals surface area contributed by atoms with Gasteiger partial charge in [0.1, 0.15) is 0 Å². The van der Waals surface area contributed by atoms with Crippen molar-refractivity contribution in [1.82, 2.24) is 5.53 Å². The molecule has 2 aliphatic heterocycles. The fourth-order valence-corrected chi connectivity index (χ4v) is 2.65. The SMILES string of the molecule is [O-]C1=C2C=Cc3ccccc3N2[N]N1c1ccc(C(F)(F)F)cc1. The van der Waals surface area contributed by atoms with Gasteiger partial charge in [0.15, 0.2) is 0 Å². The molecule has 1 radical (unpaired) electrons. The summed E-state index contributed by atoms with van der Waals surface area (Å²) in [5.41, 5.74) is 5.76. The predicted molar refractivity (Wildman–Crippen MR) is 81.0 cm³/mol. The third-order valence-corrected chi connectivity index (χ3v) is 3.84. The maximum Gasteiger partial charge on any atom is 0.416 e. The molecular weight excluding hydrogens is 319 g/mol. The van der Waals surface area contributed by atoms with Gasteiger partial charge in [-0.15, -0.1) is 0 Å². The number of rotatable bonds is 1. The minimum Gasteiger partial charge on any atom is -0.857 e. The van der Waals surface area contributed by atoms with Crippen LogP contribution in [0.1, 0.15) is 11.1 Å². The third-order valence-electron chi connectivity index (χ3n) is 3.84. The molecule has 121 valence electrons. The fourth-order valence-electron chi connectivity index (χ4n) is 2.65. The summed E-state index contributed by atoms with van der Waals surface area (Å²) < 4.78 is 38.0. The number of hydrogen-bond donors (Lipinski definition) is 0. The standard InChI is InChI=1S/C17H11F3N3O/c18-17(19,20)12-6-8-13(9-7-12)22-16(24)15-10-5-11-3-1-2-4-14(11)23(15)21-22/h1-10,24H/p-1. The molecule has 2 heterocycles. The molecule has 4 rings (SSSR count). The van der Waals surface area contributed by atoms with Crippen LogP contribution < -0.4 is 20.7 Å². The van der Waals surface area contributed by atoms with Crippen LogP contribution in [-0.4, -0.2) is 0 Å². The zero-order valence-corrected chi connectivity index (χ0v) is 12.2. The first-order valence-corrected chi connectivity index (χ1v) is 7.12. The van der Waals surface area contributed by atoms with E-state index < -0.39 is 11.7 Å². The highest BCUT2D eigenvalue weighted by Crippen LogP contribution is 2.37. The highest BCUT2D eigenvalue weighted by atomic mass is 19.4. The van der Waals surface area contributed by atoms with Crippen LogP contribution in [0.2, 0.25) is 0 Å². The molecule has 0 fully saturated rings. The summed E-state index contributed by atoms with van der Waals surface area (Å²) in [4.78, 5) is 0. The Kier molecular flexibility index (Phi) is 3.07. The van der Waals surface area contributed by atoms with E-state index in [0.717, 1.165) is 28.4 Å². The van der Waals surface area contributed by atoms with Gasteiger partial charge in [0.25, 0.3) is 0 Å². The average Bonchev–Trinajstić information content (AvgIpc) is 2.92. The molecule has 24 heavy (non-hydrogen) atoms. The van der Waals surface area contributed by atoms with Crippen molar-refractivity contribution >= 4 is 17.5 Å². The maximum absolute atomic E-state index is 12.7. The molecule has 0 amide bonds. The number of hydrogen-bond acceptors (Lipinski definition) is 3. The first-order valence-electron chi connectivity index (χ1n) is 7.12. The van der Waals surface area contributed by atoms with Gasteiger partial charge in [-0.3, -0.25) is 5.01 Å². The fraction of sp³-hybridized carbons (Fsp3) is 0.0588. The second-order valence-corrected chi connectivity index (χ2v) is 5.34. The summed E-state index contributed by atoms with van der Waals surface area (Å²) >= 11 is 0. The zero-order valence-electron chi connectivity index (χ0n) is 12.2. The average molecular weight is 329 g/mol. The van der Waals surface area contributed by atoms with E-state index in [1.807, 2.05) is 30.3 Å². The summed E-state index contributed by atoms with van der Waals surface area (Å²) in [6, 6.07) is 11.8. The normalized spacial score (nSPS) is 16.5. The second kappa shape index (κ2) is 5.04. The van der Waals surface area contributed by atoms with Crippen LogP contribution in [0.25, 0.3) is 6.08 Å². The van der Waals surface area contributed by atoms with Crippen molar-refractivity contribution in [2.24, 2.45) is 0 Å². The van der Waals surface area contributed by atoms with E-state index in [0.29, 0.717) is 5.70 Å². The molecule has 0 spiro atoms. The highest BCUT2D eigenvalue weighted by molar-refractivity contribution is 5.78. The summed E-state index contributed by atoms with van der Waals surface area (Å²) in [6.07, 6.45) is -0.957. The summed E-state index contributed by atoms with van der Waals surface area (Å²) in [5.74, 6) is -0.388. The predicted octanol–water partition coefficient (Wildman–Crippen LogP) is 3.02. The lowest BCUT2D eigenvalue weighted by Gasteiger charge is -2.25. The Balaban J connectivity index is 1.69. The number of anilines is 2. The van der Waals surface area contributed by atoms with Crippen LogP contribution in [0.5, 0.6) is 0 Å². The van der Waals surface area contributed by atoms with Crippen molar-refractivity contribution in [3.63, 3.8) is 0 Å². The minimum absolute atomic E-state index is 0.279. The van der Waals surface area contributed by atoms with Gasteiger partial charge in [0, 0.05) is 5.88 Å². The van der Waals surface area contributed by atoms with E-state index in [9.17, 15) is 18.3 Å². The Morgan fingerprint density at radius 2 is 1.58 bits per heavy atom. The lowest BCUT2D eigenvalue weighted by atomic mass is 10.1. The van der Waals surface area contributed by atoms with E-state index in [1.165, 1.54) is 17.1 Å². The molecule has 0 N–H and O–H groups in total. The monoisotopic (exact) mass is 329 g/mol. The number of halogens is 3. The van der Waals surface area contributed by atoms with E-state index >= 15 is 0 Å². The first-order chi connectivity index (χ1) is 11.4. The highest BCUT2D eigenvalue weighted by Gasteiger charge is 2.32. The molecule has 4 nitrogen and oxygen atoms in total. The molecule has 0 aromatic heterocycles. The first kappa shape index (κ1) is 14.6. The number of alkyl halides is 3. The molecule has 0 bridgehead atoms. The van der Waals surface area contributed by atoms with Crippen molar-refractivity contribution < 1.29 is 18.3 Å². The Labute approximate surface area is 135 Å². The zero-order chi connectivity index (χ0) is 16.9. The van der Waals surface area contributed by atoms with Crippen molar-refractivity contribution in [2.75, 3.05) is 10.0 Å². The van der Waals surface area contributed by atoms with E-state index in [-0.39, 0.29) is 11.6 Å². The Morgan fingerprint density at radius 1 is 0.875 bits per heavy atom. The smallest absolute Gasteiger partial charge is 0.416 e. The number of para-hydroxylation sites is 1. The van der Waals surface area contributed by atoms with E-state index in [1.54, 1.807) is 6.08 Å². The van der Waals surface area contributed by atoms with Crippen molar-refractivity contribution in [3.8, 4) is 0 Å². The number of fused-ring (bicyclic) bond motifs is 3. The van der Waals surface area contributed by atoms with Gasteiger partial charge >= 0.3 is 6.18 Å². The molecule has 2 aliphatic rings. The van der Waals surface area contributed by atoms with Crippen molar-refractivity contribution in [2.45, 2.75) is 6.18 Å². The van der Waals surface area contributed by atoms with Crippen molar-refractivity contribution in [1.29, 1.82) is 0 Å². The number of nitrogens with zero attached hydrogens (tertiary/aromatic N) is 3. The van der Waals surface area contributed by atoms with Crippen LogP contribution >= 0.6 is 0 Å². The summed E-state index contributed by atoms with van der Waals surface area (Å²) in [7, 11) is 0. The van der Waals surface area contributed by atoms with Gasteiger partial charge in [-0.2, -0.15) is 13.2 Å². The van der Waals surface area contributed by atoms with E-state index in [2.05, 4.69) is 5.53 Å². The Bertz CT molecular complexity index is 856. The molecule has 0 aliphatic carbocycles. The number of benzene rings is 2. The molecule has 7 heteroatoms. The van der Waals surface area contributed by atoms with Gasteiger partial charge in [0.05, 0.1) is 22.6 Å². The van der Waals surface area contributed by atoms with Gasteiger partial charge in [-0.05, 0) is 47.5 Å². The topological polar surface area (TPSA) is 43.6 Å². The van der Waals surface area contributed by atoms with Crippen LogP contribution in [0.3, 0.4) is 0 Å². The van der Waals surface area contributed by atoms with Gasteiger partial charge in [0.2, 0.25) is 0 Å². The van der Waals surface area contributed by atoms with Crippen LogP contribution in [-0.2, 0) is 6.18 Å². The molecule has 0 unspecified atom stereocenters. The summed E-state index contributed by atoms with van der Waals surface area (Å²) in [6.45, 7) is 0. The molecule has 0 atom stereocenters. The van der Waals surface area contributed by atoms with Crippen LogP contribution in [0.4, 0.5) is 24.5 Å². The third kappa shape index (κ3) is 2.21. The molecular formula is C17H10F3N3O-.